The van der Waals surface area contributed by atoms with Gasteiger partial charge in [0, 0.05) is 0 Å². The SMILES string of the molecule is CC1CC1CP. The molecule has 0 N–H and O–H groups in total. The van der Waals surface area contributed by atoms with Crippen LogP contribution in [0.2, 0.25) is 0 Å². The molecule has 0 aliphatic heterocycles. The Hall–Kier alpha value is 0.430. The summed E-state index contributed by atoms with van der Waals surface area (Å²) in [6.45, 7) is 2.31. The third kappa shape index (κ3) is 0.733. The second kappa shape index (κ2) is 1.50. The molecule has 0 bridgehead atoms. The Bertz CT molecular complexity index is 49.9. The van der Waals surface area contributed by atoms with Gasteiger partial charge in [0.15, 0.2) is 0 Å². The van der Waals surface area contributed by atoms with Crippen LogP contribution in [0.4, 0.5) is 0 Å². The maximum absolute atomic E-state index is 2.78. The van der Waals surface area contributed by atoms with Gasteiger partial charge in [-0.05, 0) is 24.4 Å². The van der Waals surface area contributed by atoms with Gasteiger partial charge in [0.2, 0.25) is 0 Å². The summed E-state index contributed by atoms with van der Waals surface area (Å²) in [4.78, 5) is 0. The lowest BCUT2D eigenvalue weighted by atomic mass is 10.4. The van der Waals surface area contributed by atoms with E-state index < -0.39 is 0 Å². The minimum absolute atomic E-state index is 1.04. The lowest BCUT2D eigenvalue weighted by molar-refractivity contribution is 0.845. The van der Waals surface area contributed by atoms with Crippen LogP contribution in [-0.4, -0.2) is 6.16 Å². The van der Waals surface area contributed by atoms with Gasteiger partial charge in [0.25, 0.3) is 0 Å². The van der Waals surface area contributed by atoms with Crippen molar-refractivity contribution >= 4 is 9.24 Å². The summed E-state index contributed by atoms with van der Waals surface area (Å²) in [5.74, 6) is 2.11. The highest BCUT2D eigenvalue weighted by atomic mass is 31.0. The largest absolute Gasteiger partial charge is 0.137 e. The first-order valence-electron chi connectivity index (χ1n) is 2.54. The molecule has 0 aromatic rings. The summed E-state index contributed by atoms with van der Waals surface area (Å²) in [6.07, 6.45) is 2.80. The highest BCUT2D eigenvalue weighted by Crippen LogP contribution is 2.38. The molecule has 0 spiro atoms. The Balaban J connectivity index is 2.09. The van der Waals surface area contributed by atoms with E-state index in [9.17, 15) is 0 Å². The van der Waals surface area contributed by atoms with Crippen LogP contribution < -0.4 is 0 Å². The molecule has 1 fully saturated rings. The van der Waals surface area contributed by atoms with Crippen LogP contribution in [0.1, 0.15) is 13.3 Å². The van der Waals surface area contributed by atoms with Crippen molar-refractivity contribution in [3.63, 3.8) is 0 Å². The first kappa shape index (κ1) is 4.59. The van der Waals surface area contributed by atoms with Crippen LogP contribution >= 0.6 is 9.24 Å². The van der Waals surface area contributed by atoms with Crippen molar-refractivity contribution in [3.05, 3.63) is 0 Å². The molecule has 36 valence electrons. The van der Waals surface area contributed by atoms with Crippen LogP contribution in [0.15, 0.2) is 0 Å². The van der Waals surface area contributed by atoms with E-state index in [1.807, 2.05) is 0 Å². The molecule has 0 saturated heterocycles. The van der Waals surface area contributed by atoms with Crippen LogP contribution in [0.3, 0.4) is 0 Å². The normalized spacial score (nSPS) is 43.0. The average molecular weight is 102 g/mol. The second-order valence-electron chi connectivity index (χ2n) is 2.21. The monoisotopic (exact) mass is 102 g/mol. The van der Waals surface area contributed by atoms with Crippen molar-refractivity contribution in [3.8, 4) is 0 Å². The Morgan fingerprint density at radius 1 is 1.83 bits per heavy atom. The molecule has 0 amide bonds. The van der Waals surface area contributed by atoms with Crippen LogP contribution in [0, 0.1) is 11.8 Å². The number of hydrogen-bond acceptors (Lipinski definition) is 0. The molecular formula is C5H11P. The smallest absolute Gasteiger partial charge is 0.0350 e. The molecule has 3 unspecified atom stereocenters. The molecule has 0 aromatic heterocycles. The van der Waals surface area contributed by atoms with Gasteiger partial charge in [-0.15, -0.1) is 9.24 Å². The summed E-state index contributed by atoms with van der Waals surface area (Å²) in [7, 11) is 2.78. The molecule has 1 aliphatic rings. The van der Waals surface area contributed by atoms with Crippen molar-refractivity contribution in [2.45, 2.75) is 13.3 Å². The zero-order valence-electron chi connectivity index (χ0n) is 4.15. The molecule has 0 aromatic carbocycles. The fourth-order valence-electron chi connectivity index (χ4n) is 0.728. The van der Waals surface area contributed by atoms with E-state index >= 15 is 0 Å². The van der Waals surface area contributed by atoms with Gasteiger partial charge < -0.3 is 0 Å². The van der Waals surface area contributed by atoms with Gasteiger partial charge in [-0.2, -0.15) is 0 Å². The maximum atomic E-state index is 2.78. The molecule has 0 radical (unpaired) electrons. The van der Waals surface area contributed by atoms with Crippen molar-refractivity contribution in [1.82, 2.24) is 0 Å². The number of rotatable bonds is 1. The molecule has 6 heavy (non-hydrogen) atoms. The molecule has 3 atom stereocenters. The van der Waals surface area contributed by atoms with Gasteiger partial charge in [0.05, 0.1) is 0 Å². The minimum Gasteiger partial charge on any atom is -0.137 e. The minimum atomic E-state index is 1.04. The molecule has 0 heterocycles. The predicted octanol–water partition coefficient (Wildman–Crippen LogP) is 1.52. The van der Waals surface area contributed by atoms with Gasteiger partial charge in [-0.1, -0.05) is 6.92 Å². The highest BCUT2D eigenvalue weighted by molar-refractivity contribution is 7.16. The van der Waals surface area contributed by atoms with E-state index in [0.717, 1.165) is 11.8 Å². The van der Waals surface area contributed by atoms with Gasteiger partial charge in [0.1, 0.15) is 0 Å². The molecule has 0 nitrogen and oxygen atoms in total. The first-order chi connectivity index (χ1) is 2.84. The highest BCUT2D eigenvalue weighted by Gasteiger charge is 2.29. The van der Waals surface area contributed by atoms with Crippen LogP contribution in [0.5, 0.6) is 0 Å². The lowest BCUT2D eigenvalue weighted by Crippen LogP contribution is -1.73. The van der Waals surface area contributed by atoms with Crippen molar-refractivity contribution in [2.75, 3.05) is 6.16 Å². The van der Waals surface area contributed by atoms with Crippen molar-refractivity contribution in [1.29, 1.82) is 0 Å². The van der Waals surface area contributed by atoms with E-state index in [1.54, 1.807) is 0 Å². The Morgan fingerprint density at radius 3 is 2.33 bits per heavy atom. The van der Waals surface area contributed by atoms with E-state index in [2.05, 4.69) is 16.2 Å². The Morgan fingerprint density at radius 2 is 2.33 bits per heavy atom. The summed E-state index contributed by atoms with van der Waals surface area (Å²) >= 11 is 0. The molecular weight excluding hydrogens is 91.0 g/mol. The first-order valence-corrected chi connectivity index (χ1v) is 3.36. The Kier molecular flexibility index (Phi) is 1.15. The van der Waals surface area contributed by atoms with Crippen LogP contribution in [-0.2, 0) is 0 Å². The fourth-order valence-corrected chi connectivity index (χ4v) is 1.38. The van der Waals surface area contributed by atoms with Crippen molar-refractivity contribution < 1.29 is 0 Å². The van der Waals surface area contributed by atoms with Gasteiger partial charge in [-0.3, -0.25) is 0 Å². The standard InChI is InChI=1S/C5H11P/c1-4-2-5(4)3-6/h4-5H,2-3,6H2,1H3. The third-order valence-electron chi connectivity index (χ3n) is 1.58. The zero-order chi connectivity index (χ0) is 4.57. The molecule has 1 aliphatic carbocycles. The zero-order valence-corrected chi connectivity index (χ0v) is 5.30. The van der Waals surface area contributed by atoms with Crippen molar-refractivity contribution in [2.24, 2.45) is 11.8 Å². The average Bonchev–Trinajstić information content (AvgIpc) is 2.19. The van der Waals surface area contributed by atoms with E-state index in [-0.39, 0.29) is 0 Å². The second-order valence-corrected chi connectivity index (χ2v) is 2.68. The maximum Gasteiger partial charge on any atom is -0.0350 e. The van der Waals surface area contributed by atoms with E-state index in [0.29, 0.717) is 0 Å². The summed E-state index contributed by atoms with van der Waals surface area (Å²) in [6, 6.07) is 0. The molecule has 1 heteroatoms. The van der Waals surface area contributed by atoms with E-state index in [1.165, 1.54) is 12.6 Å². The lowest BCUT2D eigenvalue weighted by Gasteiger charge is -1.79. The van der Waals surface area contributed by atoms with Gasteiger partial charge >= 0.3 is 0 Å². The number of hydrogen-bond donors (Lipinski definition) is 0. The Labute approximate surface area is 41.5 Å². The molecule has 1 saturated carbocycles. The fraction of sp³-hybridized carbons (Fsp3) is 1.00. The van der Waals surface area contributed by atoms with E-state index in [4.69, 9.17) is 0 Å². The molecule has 1 rings (SSSR count). The topological polar surface area (TPSA) is 0 Å². The summed E-state index contributed by atoms with van der Waals surface area (Å²) < 4.78 is 0. The quantitative estimate of drug-likeness (QED) is 0.440. The third-order valence-corrected chi connectivity index (χ3v) is 2.18. The summed E-state index contributed by atoms with van der Waals surface area (Å²) in [5.41, 5.74) is 0. The van der Waals surface area contributed by atoms with Crippen LogP contribution in [0.25, 0.3) is 0 Å². The van der Waals surface area contributed by atoms with Gasteiger partial charge in [-0.25, -0.2) is 0 Å². The predicted molar refractivity (Wildman–Crippen MR) is 31.8 cm³/mol. The summed E-state index contributed by atoms with van der Waals surface area (Å²) in [5, 5.41) is 0.